The van der Waals surface area contributed by atoms with Crippen molar-refractivity contribution in [3.05, 3.63) is 24.3 Å². The third-order valence-corrected chi connectivity index (χ3v) is 3.90. The standard InChI is InChI=1S/C16H25NO2/c1-12(16(2,3)18)17-13-8-10-15(11-9-13)19-14-6-4-5-7-14/h8-12,14,17-18H,4-7H2,1-3H3. The van der Waals surface area contributed by atoms with Gasteiger partial charge in [0.2, 0.25) is 0 Å². The van der Waals surface area contributed by atoms with Crippen LogP contribution in [0.15, 0.2) is 24.3 Å². The van der Waals surface area contributed by atoms with E-state index in [0.29, 0.717) is 6.10 Å². The number of rotatable bonds is 5. The summed E-state index contributed by atoms with van der Waals surface area (Å²) in [5.41, 5.74) is 0.271. The summed E-state index contributed by atoms with van der Waals surface area (Å²) in [5, 5.41) is 13.2. The van der Waals surface area contributed by atoms with Crippen LogP contribution < -0.4 is 10.1 Å². The Balaban J connectivity index is 1.90. The van der Waals surface area contributed by atoms with Crippen molar-refractivity contribution in [2.75, 3.05) is 5.32 Å². The number of hydrogen-bond acceptors (Lipinski definition) is 3. The second kappa shape index (κ2) is 5.83. The van der Waals surface area contributed by atoms with E-state index < -0.39 is 5.60 Å². The van der Waals surface area contributed by atoms with Gasteiger partial charge >= 0.3 is 0 Å². The van der Waals surface area contributed by atoms with E-state index in [2.05, 4.69) is 5.32 Å². The molecule has 106 valence electrons. The van der Waals surface area contributed by atoms with Gasteiger partial charge in [-0.15, -0.1) is 0 Å². The van der Waals surface area contributed by atoms with Gasteiger partial charge in [0.05, 0.1) is 17.7 Å². The molecule has 0 saturated heterocycles. The Kier molecular flexibility index (Phi) is 4.35. The van der Waals surface area contributed by atoms with Crippen molar-refractivity contribution < 1.29 is 9.84 Å². The zero-order valence-corrected chi connectivity index (χ0v) is 12.1. The van der Waals surface area contributed by atoms with Crippen LogP contribution in [-0.2, 0) is 0 Å². The molecule has 0 aliphatic heterocycles. The molecule has 0 amide bonds. The molecule has 0 bridgehead atoms. The van der Waals surface area contributed by atoms with Crippen LogP contribution in [0.4, 0.5) is 5.69 Å². The molecule has 1 saturated carbocycles. The van der Waals surface area contributed by atoms with Gasteiger partial charge in [0.15, 0.2) is 0 Å². The van der Waals surface area contributed by atoms with E-state index in [0.717, 1.165) is 11.4 Å². The fourth-order valence-corrected chi connectivity index (χ4v) is 2.25. The molecule has 1 fully saturated rings. The summed E-state index contributed by atoms with van der Waals surface area (Å²) >= 11 is 0. The van der Waals surface area contributed by atoms with Gasteiger partial charge in [-0.2, -0.15) is 0 Å². The molecular formula is C16H25NO2. The molecule has 2 rings (SSSR count). The molecule has 1 aromatic carbocycles. The molecule has 19 heavy (non-hydrogen) atoms. The lowest BCUT2D eigenvalue weighted by atomic mass is 10.0. The van der Waals surface area contributed by atoms with E-state index in [4.69, 9.17) is 4.74 Å². The van der Waals surface area contributed by atoms with Gasteiger partial charge in [-0.05, 0) is 70.7 Å². The molecule has 0 heterocycles. The molecule has 1 atom stereocenters. The lowest BCUT2D eigenvalue weighted by molar-refractivity contribution is 0.0649. The highest BCUT2D eigenvalue weighted by atomic mass is 16.5. The van der Waals surface area contributed by atoms with Crippen molar-refractivity contribution in [1.82, 2.24) is 0 Å². The first-order valence-corrected chi connectivity index (χ1v) is 7.21. The summed E-state index contributed by atoms with van der Waals surface area (Å²) in [6, 6.07) is 8.00. The molecule has 3 heteroatoms. The number of anilines is 1. The summed E-state index contributed by atoms with van der Waals surface area (Å²) in [4.78, 5) is 0. The first-order valence-electron chi connectivity index (χ1n) is 7.21. The minimum Gasteiger partial charge on any atom is -0.490 e. The normalized spacial score (nSPS) is 18.3. The van der Waals surface area contributed by atoms with Crippen molar-refractivity contribution in [3.63, 3.8) is 0 Å². The average molecular weight is 263 g/mol. The molecule has 1 aliphatic rings. The summed E-state index contributed by atoms with van der Waals surface area (Å²) in [7, 11) is 0. The second-order valence-electron chi connectivity index (χ2n) is 6.07. The zero-order valence-electron chi connectivity index (χ0n) is 12.1. The van der Waals surface area contributed by atoms with Crippen LogP contribution in [0.1, 0.15) is 46.5 Å². The highest BCUT2D eigenvalue weighted by Crippen LogP contribution is 2.25. The average Bonchev–Trinajstić information content (AvgIpc) is 2.83. The fourth-order valence-electron chi connectivity index (χ4n) is 2.25. The van der Waals surface area contributed by atoms with Crippen molar-refractivity contribution >= 4 is 5.69 Å². The summed E-state index contributed by atoms with van der Waals surface area (Å²) < 4.78 is 5.93. The Hall–Kier alpha value is -1.22. The maximum Gasteiger partial charge on any atom is 0.119 e. The number of benzene rings is 1. The van der Waals surface area contributed by atoms with Crippen LogP contribution in [-0.4, -0.2) is 22.9 Å². The maximum absolute atomic E-state index is 9.90. The van der Waals surface area contributed by atoms with E-state index in [1.807, 2.05) is 45.0 Å². The Labute approximate surface area is 116 Å². The van der Waals surface area contributed by atoms with Crippen molar-refractivity contribution in [3.8, 4) is 5.75 Å². The molecule has 0 radical (unpaired) electrons. The number of ether oxygens (including phenoxy) is 1. The fraction of sp³-hybridized carbons (Fsp3) is 0.625. The monoisotopic (exact) mass is 263 g/mol. The molecule has 1 aliphatic carbocycles. The quantitative estimate of drug-likeness (QED) is 0.853. The van der Waals surface area contributed by atoms with Gasteiger partial charge in [0, 0.05) is 5.69 Å². The van der Waals surface area contributed by atoms with E-state index in [1.165, 1.54) is 25.7 Å². The lowest BCUT2D eigenvalue weighted by Gasteiger charge is -2.27. The van der Waals surface area contributed by atoms with Crippen LogP contribution in [0.2, 0.25) is 0 Å². The minimum absolute atomic E-state index is 0.00546. The van der Waals surface area contributed by atoms with Crippen molar-refractivity contribution in [2.24, 2.45) is 0 Å². The molecule has 1 aromatic rings. The van der Waals surface area contributed by atoms with E-state index in [-0.39, 0.29) is 6.04 Å². The van der Waals surface area contributed by atoms with E-state index in [1.54, 1.807) is 0 Å². The van der Waals surface area contributed by atoms with Crippen LogP contribution in [0, 0.1) is 0 Å². The summed E-state index contributed by atoms with van der Waals surface area (Å²) in [6.45, 7) is 5.59. The molecule has 2 N–H and O–H groups in total. The van der Waals surface area contributed by atoms with Gasteiger partial charge in [-0.3, -0.25) is 0 Å². The Morgan fingerprint density at radius 2 is 1.79 bits per heavy atom. The van der Waals surface area contributed by atoms with Gasteiger partial charge in [0.1, 0.15) is 5.75 Å². The summed E-state index contributed by atoms with van der Waals surface area (Å²) in [6.07, 6.45) is 5.32. The molecule has 0 aromatic heterocycles. The smallest absolute Gasteiger partial charge is 0.119 e. The van der Waals surface area contributed by atoms with Crippen LogP contribution >= 0.6 is 0 Å². The third-order valence-electron chi connectivity index (χ3n) is 3.90. The van der Waals surface area contributed by atoms with E-state index >= 15 is 0 Å². The molecular weight excluding hydrogens is 238 g/mol. The number of hydrogen-bond donors (Lipinski definition) is 2. The van der Waals surface area contributed by atoms with Crippen LogP contribution in [0.25, 0.3) is 0 Å². The highest BCUT2D eigenvalue weighted by molar-refractivity contribution is 5.47. The number of nitrogens with one attached hydrogen (secondary N) is 1. The zero-order chi connectivity index (χ0) is 13.9. The first kappa shape index (κ1) is 14.2. The van der Waals surface area contributed by atoms with Crippen LogP contribution in [0.5, 0.6) is 5.75 Å². The Morgan fingerprint density at radius 1 is 1.21 bits per heavy atom. The third kappa shape index (κ3) is 4.13. The van der Waals surface area contributed by atoms with Gasteiger partial charge in [0.25, 0.3) is 0 Å². The van der Waals surface area contributed by atoms with Crippen molar-refractivity contribution in [1.29, 1.82) is 0 Å². The largest absolute Gasteiger partial charge is 0.490 e. The predicted molar refractivity (Wildman–Crippen MR) is 78.7 cm³/mol. The molecule has 0 spiro atoms. The molecule has 1 unspecified atom stereocenters. The molecule has 3 nitrogen and oxygen atoms in total. The van der Waals surface area contributed by atoms with Gasteiger partial charge in [-0.1, -0.05) is 0 Å². The van der Waals surface area contributed by atoms with Crippen molar-refractivity contribution in [2.45, 2.75) is 64.2 Å². The van der Waals surface area contributed by atoms with Gasteiger partial charge in [-0.25, -0.2) is 0 Å². The second-order valence-corrected chi connectivity index (χ2v) is 6.07. The Bertz CT molecular complexity index is 388. The lowest BCUT2D eigenvalue weighted by Crippen LogP contribution is -2.39. The SMILES string of the molecule is CC(Nc1ccc(OC2CCCC2)cc1)C(C)(C)O. The topological polar surface area (TPSA) is 41.5 Å². The first-order chi connectivity index (χ1) is 8.95. The minimum atomic E-state index is -0.737. The van der Waals surface area contributed by atoms with Gasteiger partial charge < -0.3 is 15.2 Å². The summed E-state index contributed by atoms with van der Waals surface area (Å²) in [5.74, 6) is 0.938. The predicted octanol–water partition coefficient (Wildman–Crippen LogP) is 3.58. The van der Waals surface area contributed by atoms with Crippen LogP contribution in [0.3, 0.4) is 0 Å². The Morgan fingerprint density at radius 3 is 2.32 bits per heavy atom. The highest BCUT2D eigenvalue weighted by Gasteiger charge is 2.22. The maximum atomic E-state index is 9.90. The van der Waals surface area contributed by atoms with E-state index in [9.17, 15) is 5.11 Å². The number of aliphatic hydroxyl groups is 1.